The summed E-state index contributed by atoms with van der Waals surface area (Å²) in [6.07, 6.45) is 1.95. The van der Waals surface area contributed by atoms with Gasteiger partial charge in [0.05, 0.1) is 5.69 Å². The summed E-state index contributed by atoms with van der Waals surface area (Å²) in [7, 11) is 0. The molecule has 98 valence electrons. The molecular weight excluding hydrogens is 242 g/mol. The second-order valence-electron chi connectivity index (χ2n) is 5.11. The lowest BCUT2D eigenvalue weighted by Crippen LogP contribution is -1.87. The van der Waals surface area contributed by atoms with E-state index in [1.807, 2.05) is 6.20 Å². The van der Waals surface area contributed by atoms with Gasteiger partial charge in [0.1, 0.15) is 0 Å². The van der Waals surface area contributed by atoms with Crippen LogP contribution < -0.4 is 0 Å². The van der Waals surface area contributed by atoms with Crippen molar-refractivity contribution in [1.82, 2.24) is 4.98 Å². The second kappa shape index (κ2) is 5.30. The van der Waals surface area contributed by atoms with Gasteiger partial charge < -0.3 is 0 Å². The average Bonchev–Trinajstić information content (AvgIpc) is 2.49. The largest absolute Gasteiger partial charge is 0.256 e. The Morgan fingerprint density at radius 1 is 0.700 bits per heavy atom. The fourth-order valence-corrected chi connectivity index (χ4v) is 2.33. The minimum absolute atomic E-state index is 1.03. The van der Waals surface area contributed by atoms with Crippen LogP contribution in [0, 0.1) is 13.8 Å². The molecule has 0 aliphatic rings. The molecule has 0 saturated carbocycles. The maximum Gasteiger partial charge on any atom is 0.0705 e. The molecule has 0 aliphatic heterocycles. The molecule has 0 spiro atoms. The van der Waals surface area contributed by atoms with Gasteiger partial charge in [-0.05, 0) is 31.0 Å². The van der Waals surface area contributed by atoms with Crippen molar-refractivity contribution < 1.29 is 0 Å². The molecular formula is C19H17N. The van der Waals surface area contributed by atoms with Crippen molar-refractivity contribution in [2.75, 3.05) is 0 Å². The molecule has 3 aromatic rings. The Bertz CT molecular complexity index is 710. The SMILES string of the molecule is Cc1ccc(-c2ccc(-c3ccccc3C)nc2)cc1. The van der Waals surface area contributed by atoms with Gasteiger partial charge in [-0.25, -0.2) is 0 Å². The van der Waals surface area contributed by atoms with Gasteiger partial charge in [0, 0.05) is 17.3 Å². The summed E-state index contributed by atoms with van der Waals surface area (Å²) < 4.78 is 0. The Labute approximate surface area is 119 Å². The fraction of sp³-hybridized carbons (Fsp3) is 0.105. The molecule has 0 bridgehead atoms. The minimum Gasteiger partial charge on any atom is -0.256 e. The third-order valence-electron chi connectivity index (χ3n) is 3.57. The maximum atomic E-state index is 4.61. The average molecular weight is 259 g/mol. The van der Waals surface area contributed by atoms with E-state index in [0.29, 0.717) is 0 Å². The van der Waals surface area contributed by atoms with E-state index < -0.39 is 0 Å². The molecule has 1 heteroatoms. The van der Waals surface area contributed by atoms with Crippen molar-refractivity contribution in [2.45, 2.75) is 13.8 Å². The van der Waals surface area contributed by atoms with Gasteiger partial charge >= 0.3 is 0 Å². The van der Waals surface area contributed by atoms with Crippen LogP contribution in [-0.4, -0.2) is 4.98 Å². The van der Waals surface area contributed by atoms with Crippen LogP contribution >= 0.6 is 0 Å². The number of nitrogens with zero attached hydrogens (tertiary/aromatic N) is 1. The van der Waals surface area contributed by atoms with Crippen molar-refractivity contribution in [3.8, 4) is 22.4 Å². The number of hydrogen-bond acceptors (Lipinski definition) is 1. The van der Waals surface area contributed by atoms with Gasteiger partial charge in [0.15, 0.2) is 0 Å². The molecule has 0 fully saturated rings. The Kier molecular flexibility index (Phi) is 3.34. The second-order valence-corrected chi connectivity index (χ2v) is 5.11. The van der Waals surface area contributed by atoms with E-state index in [1.54, 1.807) is 0 Å². The number of benzene rings is 2. The van der Waals surface area contributed by atoms with Gasteiger partial charge in [-0.15, -0.1) is 0 Å². The van der Waals surface area contributed by atoms with E-state index in [2.05, 4.69) is 79.5 Å². The van der Waals surface area contributed by atoms with E-state index >= 15 is 0 Å². The number of aryl methyl sites for hydroxylation is 2. The monoisotopic (exact) mass is 259 g/mol. The molecule has 0 amide bonds. The summed E-state index contributed by atoms with van der Waals surface area (Å²) in [4.78, 5) is 4.61. The predicted octanol–water partition coefficient (Wildman–Crippen LogP) is 5.03. The van der Waals surface area contributed by atoms with Crippen molar-refractivity contribution in [3.63, 3.8) is 0 Å². The minimum atomic E-state index is 1.03. The van der Waals surface area contributed by atoms with Crippen molar-refractivity contribution >= 4 is 0 Å². The first-order chi connectivity index (χ1) is 9.74. The molecule has 0 unspecified atom stereocenters. The van der Waals surface area contributed by atoms with Gasteiger partial charge in [0.2, 0.25) is 0 Å². The zero-order chi connectivity index (χ0) is 13.9. The van der Waals surface area contributed by atoms with Gasteiger partial charge in [-0.1, -0.05) is 60.2 Å². The standard InChI is InChI=1S/C19H17N/c1-14-7-9-16(10-8-14)17-11-12-19(20-13-17)18-6-4-3-5-15(18)2/h3-13H,1-2H3. The zero-order valence-corrected chi connectivity index (χ0v) is 11.8. The first-order valence-electron chi connectivity index (χ1n) is 6.83. The predicted molar refractivity (Wildman–Crippen MR) is 84.6 cm³/mol. The van der Waals surface area contributed by atoms with Gasteiger partial charge in [0.25, 0.3) is 0 Å². The Morgan fingerprint density at radius 2 is 1.40 bits per heavy atom. The Morgan fingerprint density at radius 3 is 2.05 bits per heavy atom. The van der Waals surface area contributed by atoms with E-state index in [1.165, 1.54) is 22.3 Å². The highest BCUT2D eigenvalue weighted by atomic mass is 14.7. The summed E-state index contributed by atoms with van der Waals surface area (Å²) in [6.45, 7) is 4.22. The van der Waals surface area contributed by atoms with Crippen LogP contribution in [0.15, 0.2) is 66.9 Å². The van der Waals surface area contributed by atoms with E-state index in [-0.39, 0.29) is 0 Å². The smallest absolute Gasteiger partial charge is 0.0705 e. The van der Waals surface area contributed by atoms with Crippen LogP contribution in [0.2, 0.25) is 0 Å². The summed E-state index contributed by atoms with van der Waals surface area (Å²) in [5, 5.41) is 0. The lowest BCUT2D eigenvalue weighted by atomic mass is 10.0. The van der Waals surface area contributed by atoms with Crippen LogP contribution in [0.25, 0.3) is 22.4 Å². The summed E-state index contributed by atoms with van der Waals surface area (Å²) >= 11 is 0. The molecule has 0 atom stereocenters. The van der Waals surface area contributed by atoms with Gasteiger partial charge in [-0.3, -0.25) is 4.98 Å². The summed E-state index contributed by atoms with van der Waals surface area (Å²) in [5.74, 6) is 0. The number of aromatic nitrogens is 1. The van der Waals surface area contributed by atoms with Crippen LogP contribution in [0.1, 0.15) is 11.1 Å². The van der Waals surface area contributed by atoms with Gasteiger partial charge in [-0.2, -0.15) is 0 Å². The molecule has 1 aromatic heterocycles. The third kappa shape index (κ3) is 2.48. The number of pyridine rings is 1. The van der Waals surface area contributed by atoms with Crippen LogP contribution in [0.3, 0.4) is 0 Å². The molecule has 0 aliphatic carbocycles. The molecule has 3 rings (SSSR count). The molecule has 0 radical (unpaired) electrons. The zero-order valence-electron chi connectivity index (χ0n) is 11.8. The number of rotatable bonds is 2. The van der Waals surface area contributed by atoms with E-state index in [9.17, 15) is 0 Å². The normalized spacial score (nSPS) is 10.5. The van der Waals surface area contributed by atoms with Crippen LogP contribution in [0.4, 0.5) is 0 Å². The van der Waals surface area contributed by atoms with E-state index in [4.69, 9.17) is 0 Å². The van der Waals surface area contributed by atoms with Crippen LogP contribution in [-0.2, 0) is 0 Å². The highest BCUT2D eigenvalue weighted by Crippen LogP contribution is 2.24. The Hall–Kier alpha value is -2.41. The molecule has 2 aromatic carbocycles. The molecule has 0 N–H and O–H groups in total. The first kappa shape index (κ1) is 12.6. The summed E-state index contributed by atoms with van der Waals surface area (Å²) in [5.41, 5.74) is 7.12. The quantitative estimate of drug-likeness (QED) is 0.628. The lowest BCUT2D eigenvalue weighted by Gasteiger charge is -2.06. The molecule has 1 nitrogen and oxygen atoms in total. The molecule has 1 heterocycles. The molecule has 0 saturated heterocycles. The lowest BCUT2D eigenvalue weighted by molar-refractivity contribution is 1.30. The topological polar surface area (TPSA) is 12.9 Å². The van der Waals surface area contributed by atoms with Crippen molar-refractivity contribution in [1.29, 1.82) is 0 Å². The first-order valence-corrected chi connectivity index (χ1v) is 6.83. The molecule has 20 heavy (non-hydrogen) atoms. The Balaban J connectivity index is 1.96. The third-order valence-corrected chi connectivity index (χ3v) is 3.57. The fourth-order valence-electron chi connectivity index (χ4n) is 2.33. The maximum absolute atomic E-state index is 4.61. The van der Waals surface area contributed by atoms with E-state index in [0.717, 1.165) is 11.3 Å². The highest BCUT2D eigenvalue weighted by molar-refractivity contribution is 5.68. The van der Waals surface area contributed by atoms with Crippen molar-refractivity contribution in [2.24, 2.45) is 0 Å². The van der Waals surface area contributed by atoms with Crippen molar-refractivity contribution in [3.05, 3.63) is 78.0 Å². The highest BCUT2D eigenvalue weighted by Gasteiger charge is 2.03. The summed E-state index contributed by atoms with van der Waals surface area (Å²) in [6, 6.07) is 21.1. The van der Waals surface area contributed by atoms with Crippen LogP contribution in [0.5, 0.6) is 0 Å². The number of hydrogen-bond donors (Lipinski definition) is 0.